The third kappa shape index (κ3) is 2.63. The lowest BCUT2D eigenvalue weighted by Gasteiger charge is -2.23. The van der Waals surface area contributed by atoms with Crippen molar-refractivity contribution in [3.8, 4) is 0 Å². The van der Waals surface area contributed by atoms with E-state index in [2.05, 4.69) is 4.98 Å². The molecular weight excluding hydrogens is 288 g/mol. The first-order valence-corrected chi connectivity index (χ1v) is 8.77. The number of fused-ring (bicyclic) bond motifs is 1. The molecule has 3 rings (SSSR count). The lowest BCUT2D eigenvalue weighted by molar-refractivity contribution is 0.363. The quantitative estimate of drug-likeness (QED) is 0.918. The average molecular weight is 308 g/mol. The van der Waals surface area contributed by atoms with Gasteiger partial charge < -0.3 is 5.73 Å². The van der Waals surface area contributed by atoms with E-state index in [4.69, 9.17) is 5.73 Å². The molecule has 0 aliphatic carbocycles. The van der Waals surface area contributed by atoms with E-state index in [9.17, 15) is 8.42 Å². The Balaban J connectivity index is 2.04. The molecule has 2 aromatic rings. The highest BCUT2D eigenvalue weighted by Crippen LogP contribution is 2.25. The maximum Gasteiger partial charge on any atom is 0.262 e. The first-order valence-electron chi connectivity index (χ1n) is 7.33. The second kappa shape index (κ2) is 5.65. The Hall–Kier alpha value is -1.60. The molecule has 6 nitrogen and oxygen atoms in total. The smallest absolute Gasteiger partial charge is 0.262 e. The molecule has 7 heteroatoms. The third-order valence-corrected chi connectivity index (χ3v) is 5.85. The van der Waals surface area contributed by atoms with Crippen molar-refractivity contribution in [2.75, 3.05) is 18.8 Å². The van der Waals surface area contributed by atoms with Crippen LogP contribution in [0.25, 0.3) is 5.65 Å². The van der Waals surface area contributed by atoms with Gasteiger partial charge in [-0.25, -0.2) is 13.4 Å². The van der Waals surface area contributed by atoms with E-state index in [1.165, 1.54) is 6.42 Å². The molecule has 1 fully saturated rings. The van der Waals surface area contributed by atoms with E-state index in [0.29, 0.717) is 18.7 Å². The Morgan fingerprint density at radius 3 is 2.43 bits per heavy atom. The van der Waals surface area contributed by atoms with Crippen LogP contribution in [-0.2, 0) is 10.0 Å². The molecule has 114 valence electrons. The summed E-state index contributed by atoms with van der Waals surface area (Å²) in [4.78, 5) is 4.15. The minimum Gasteiger partial charge on any atom is -0.381 e. The molecule has 0 bridgehead atoms. The SMILES string of the molecule is Nc1nc2ccccn2c1S(=O)(=O)N1CCCCCCC1. The Kier molecular flexibility index (Phi) is 3.86. The normalized spacial score (nSPS) is 18.5. The number of hydrogen-bond acceptors (Lipinski definition) is 4. The van der Waals surface area contributed by atoms with Crippen molar-refractivity contribution in [2.24, 2.45) is 0 Å². The molecule has 0 amide bonds. The van der Waals surface area contributed by atoms with Crippen LogP contribution in [0.3, 0.4) is 0 Å². The first-order chi connectivity index (χ1) is 10.1. The molecule has 21 heavy (non-hydrogen) atoms. The highest BCUT2D eigenvalue weighted by Gasteiger charge is 2.30. The summed E-state index contributed by atoms with van der Waals surface area (Å²) in [6.07, 6.45) is 6.83. The number of hydrogen-bond donors (Lipinski definition) is 1. The van der Waals surface area contributed by atoms with Crippen molar-refractivity contribution in [1.82, 2.24) is 13.7 Å². The third-order valence-electron chi connectivity index (χ3n) is 3.91. The molecule has 0 saturated carbocycles. The monoisotopic (exact) mass is 308 g/mol. The minimum absolute atomic E-state index is 0.0725. The Morgan fingerprint density at radius 2 is 1.71 bits per heavy atom. The Bertz CT molecular complexity index is 731. The van der Waals surface area contributed by atoms with Gasteiger partial charge in [-0.3, -0.25) is 4.40 Å². The summed E-state index contributed by atoms with van der Waals surface area (Å²) >= 11 is 0. The second-order valence-corrected chi connectivity index (χ2v) is 7.26. The van der Waals surface area contributed by atoms with E-state index in [0.717, 1.165) is 25.7 Å². The van der Waals surface area contributed by atoms with Gasteiger partial charge in [0.15, 0.2) is 10.8 Å². The van der Waals surface area contributed by atoms with E-state index in [-0.39, 0.29) is 10.8 Å². The van der Waals surface area contributed by atoms with Crippen LogP contribution >= 0.6 is 0 Å². The molecule has 1 aliphatic rings. The molecule has 1 saturated heterocycles. The number of aromatic nitrogens is 2. The lowest BCUT2D eigenvalue weighted by atomic mass is 10.1. The molecule has 2 N–H and O–H groups in total. The highest BCUT2D eigenvalue weighted by atomic mass is 32.2. The van der Waals surface area contributed by atoms with Crippen molar-refractivity contribution in [1.29, 1.82) is 0 Å². The molecule has 0 atom stereocenters. The summed E-state index contributed by atoms with van der Waals surface area (Å²) in [5.41, 5.74) is 6.43. The van der Waals surface area contributed by atoms with Crippen molar-refractivity contribution < 1.29 is 8.42 Å². The van der Waals surface area contributed by atoms with E-state index in [1.807, 2.05) is 6.07 Å². The van der Waals surface area contributed by atoms with E-state index < -0.39 is 10.0 Å². The van der Waals surface area contributed by atoms with Gasteiger partial charge in [-0.1, -0.05) is 25.3 Å². The summed E-state index contributed by atoms with van der Waals surface area (Å²) in [6.45, 7) is 1.11. The van der Waals surface area contributed by atoms with Crippen molar-refractivity contribution in [3.05, 3.63) is 24.4 Å². The minimum atomic E-state index is -3.61. The van der Waals surface area contributed by atoms with Crippen LogP contribution in [0.5, 0.6) is 0 Å². The number of nitrogen functional groups attached to an aromatic ring is 1. The fourth-order valence-electron chi connectivity index (χ4n) is 2.83. The number of nitrogens with zero attached hydrogens (tertiary/aromatic N) is 3. The number of pyridine rings is 1. The zero-order valence-electron chi connectivity index (χ0n) is 11.9. The highest BCUT2D eigenvalue weighted by molar-refractivity contribution is 7.89. The fourth-order valence-corrected chi connectivity index (χ4v) is 4.53. The van der Waals surface area contributed by atoms with Crippen LogP contribution in [0, 0.1) is 0 Å². The van der Waals surface area contributed by atoms with Crippen LogP contribution in [-0.4, -0.2) is 35.2 Å². The molecule has 0 unspecified atom stereocenters. The summed E-state index contributed by atoms with van der Waals surface area (Å²) < 4.78 is 29.0. The second-order valence-electron chi connectivity index (χ2n) is 5.40. The van der Waals surface area contributed by atoms with Crippen LogP contribution in [0.4, 0.5) is 5.82 Å². The molecule has 0 spiro atoms. The number of imidazole rings is 1. The van der Waals surface area contributed by atoms with Crippen molar-refractivity contribution in [2.45, 2.75) is 37.1 Å². The van der Waals surface area contributed by atoms with Gasteiger partial charge in [0.25, 0.3) is 10.0 Å². The molecule has 2 aromatic heterocycles. The van der Waals surface area contributed by atoms with Gasteiger partial charge in [-0.2, -0.15) is 4.31 Å². The van der Waals surface area contributed by atoms with Crippen LogP contribution < -0.4 is 5.73 Å². The fraction of sp³-hybridized carbons (Fsp3) is 0.500. The predicted octanol–water partition coefficient (Wildman–Crippen LogP) is 1.87. The van der Waals surface area contributed by atoms with Gasteiger partial charge in [0.2, 0.25) is 0 Å². The Labute approximate surface area is 124 Å². The maximum absolute atomic E-state index is 12.9. The summed E-state index contributed by atoms with van der Waals surface area (Å²) in [5.74, 6) is 0.0725. The topological polar surface area (TPSA) is 80.7 Å². The van der Waals surface area contributed by atoms with Crippen LogP contribution in [0.15, 0.2) is 29.4 Å². The average Bonchev–Trinajstić information content (AvgIpc) is 2.74. The summed E-state index contributed by atoms with van der Waals surface area (Å²) in [7, 11) is -3.61. The zero-order chi connectivity index (χ0) is 14.9. The zero-order valence-corrected chi connectivity index (χ0v) is 12.7. The molecule has 0 radical (unpaired) electrons. The standard InChI is InChI=1S/C14H20N4O2S/c15-13-14(18-11-7-4-8-12(18)16-13)21(19,20)17-9-5-2-1-3-6-10-17/h4,7-8,11H,1-3,5-6,9-10,15H2. The van der Waals surface area contributed by atoms with Crippen LogP contribution in [0.2, 0.25) is 0 Å². The van der Waals surface area contributed by atoms with Crippen molar-refractivity contribution in [3.63, 3.8) is 0 Å². The summed E-state index contributed by atoms with van der Waals surface area (Å²) in [6, 6.07) is 5.34. The van der Waals surface area contributed by atoms with Gasteiger partial charge in [0, 0.05) is 19.3 Å². The maximum atomic E-state index is 12.9. The van der Waals surface area contributed by atoms with Crippen LogP contribution in [0.1, 0.15) is 32.1 Å². The molecule has 3 heterocycles. The summed E-state index contributed by atoms with van der Waals surface area (Å²) in [5, 5.41) is 0.0960. The lowest BCUT2D eigenvalue weighted by Crippen LogP contribution is -2.34. The Morgan fingerprint density at radius 1 is 1.05 bits per heavy atom. The van der Waals surface area contributed by atoms with E-state index >= 15 is 0 Å². The number of rotatable bonds is 2. The van der Waals surface area contributed by atoms with Crippen molar-refractivity contribution >= 4 is 21.5 Å². The number of sulfonamides is 1. The van der Waals surface area contributed by atoms with Gasteiger partial charge in [-0.15, -0.1) is 0 Å². The van der Waals surface area contributed by atoms with Gasteiger partial charge in [0.05, 0.1) is 0 Å². The predicted molar refractivity (Wildman–Crippen MR) is 81.4 cm³/mol. The molecular formula is C14H20N4O2S. The number of anilines is 1. The van der Waals surface area contributed by atoms with Gasteiger partial charge >= 0.3 is 0 Å². The van der Waals surface area contributed by atoms with E-state index in [1.54, 1.807) is 27.0 Å². The largest absolute Gasteiger partial charge is 0.381 e. The molecule has 1 aliphatic heterocycles. The first kappa shape index (κ1) is 14.3. The van der Waals surface area contributed by atoms with Gasteiger partial charge in [0.1, 0.15) is 5.65 Å². The van der Waals surface area contributed by atoms with Gasteiger partial charge in [-0.05, 0) is 25.0 Å². The number of nitrogens with two attached hydrogens (primary N) is 1. The molecule has 0 aromatic carbocycles.